The molecule has 7 rings (SSSR count). The van der Waals surface area contributed by atoms with Gasteiger partial charge < -0.3 is 9.84 Å². The summed E-state index contributed by atoms with van der Waals surface area (Å²) in [6, 6.07) is 63.5. The predicted octanol–water partition coefficient (Wildman–Crippen LogP) is 10.2. The first-order valence-electron chi connectivity index (χ1n) is 16.2. The molecule has 47 heavy (non-hydrogen) atoms. The van der Waals surface area contributed by atoms with Crippen LogP contribution < -0.4 is 0 Å². The first-order chi connectivity index (χ1) is 23.1. The summed E-state index contributed by atoms with van der Waals surface area (Å²) in [6.45, 7) is 1.78. The number of benzene rings is 6. The molecule has 2 nitrogen and oxygen atoms in total. The van der Waals surface area contributed by atoms with Gasteiger partial charge in [-0.25, -0.2) is 0 Å². The van der Waals surface area contributed by atoms with Crippen LogP contribution in [0.25, 0.3) is 0 Å². The molecule has 1 unspecified atom stereocenters. The molecule has 6 aromatic rings. The minimum atomic E-state index is -0.925. The van der Waals surface area contributed by atoms with E-state index in [0.29, 0.717) is 0 Å². The highest BCUT2D eigenvalue weighted by molar-refractivity contribution is 5.53. The summed E-state index contributed by atoms with van der Waals surface area (Å²) in [4.78, 5) is 0. The van der Waals surface area contributed by atoms with Gasteiger partial charge in [0, 0.05) is 0 Å². The second kappa shape index (κ2) is 14.9. The van der Waals surface area contributed by atoms with Crippen LogP contribution in [0.5, 0.6) is 0 Å². The second-order valence-corrected chi connectivity index (χ2v) is 11.7. The minimum absolute atomic E-state index is 0.284. The van der Waals surface area contributed by atoms with Crippen LogP contribution in [-0.2, 0) is 15.9 Å². The van der Waals surface area contributed by atoms with Crippen molar-refractivity contribution < 1.29 is 9.84 Å². The summed E-state index contributed by atoms with van der Waals surface area (Å²) < 4.78 is 7.94. The maximum Gasteiger partial charge on any atom is 0.145 e. The number of hydrogen-bond donors (Lipinski definition) is 1. The molecule has 232 valence electrons. The Bertz CT molecular complexity index is 1550. The smallest absolute Gasteiger partial charge is 0.145 e. The molecule has 1 aliphatic rings. The summed E-state index contributed by atoms with van der Waals surface area (Å²) in [5.74, 6) is 0. The summed E-state index contributed by atoms with van der Waals surface area (Å²) in [5, 5.41) is 8.93. The van der Waals surface area contributed by atoms with Crippen LogP contribution in [0.4, 0.5) is 0 Å². The van der Waals surface area contributed by atoms with E-state index < -0.39 is 11.2 Å². The molecule has 6 aromatic carbocycles. The lowest BCUT2D eigenvalue weighted by Crippen LogP contribution is -2.44. The average Bonchev–Trinajstić information content (AvgIpc) is 3.71. The molecule has 0 saturated heterocycles. The normalized spacial score (nSPS) is 13.3. The summed E-state index contributed by atoms with van der Waals surface area (Å²) >= 11 is 0. The van der Waals surface area contributed by atoms with E-state index in [1.54, 1.807) is 6.92 Å². The fraction of sp³-hybridized carbons (Fsp3) is 0.111. The third-order valence-electron chi connectivity index (χ3n) is 8.67. The van der Waals surface area contributed by atoms with Crippen LogP contribution in [0, 0.1) is 0 Å². The first kappa shape index (κ1) is 31.7. The van der Waals surface area contributed by atoms with Crippen molar-refractivity contribution >= 4 is 0 Å². The SMILES string of the molecule is CC(O)C1=CCC=C1.c1ccc(C(OC(c2ccccc2)(c2ccccc2)c2ccccc2)(c2ccccc2)c2ccccc2)cc1. The topological polar surface area (TPSA) is 29.5 Å². The van der Waals surface area contributed by atoms with Gasteiger partial charge in [0.05, 0.1) is 6.10 Å². The fourth-order valence-electron chi connectivity index (χ4n) is 6.41. The molecular weight excluding hydrogens is 572 g/mol. The Morgan fingerprint density at radius 1 is 0.447 bits per heavy atom. The van der Waals surface area contributed by atoms with Crippen LogP contribution in [0.1, 0.15) is 46.7 Å². The molecule has 1 atom stereocenters. The maximum absolute atomic E-state index is 8.93. The van der Waals surface area contributed by atoms with Crippen molar-refractivity contribution in [3.8, 4) is 0 Å². The van der Waals surface area contributed by atoms with E-state index in [1.165, 1.54) is 0 Å². The molecule has 0 fully saturated rings. The van der Waals surface area contributed by atoms with E-state index in [4.69, 9.17) is 9.84 Å². The van der Waals surface area contributed by atoms with Gasteiger partial charge in [0.15, 0.2) is 0 Å². The van der Waals surface area contributed by atoms with Crippen molar-refractivity contribution in [2.75, 3.05) is 0 Å². The van der Waals surface area contributed by atoms with Gasteiger partial charge in [0.2, 0.25) is 0 Å². The standard InChI is InChI=1S/C38H30O.C7H10O/c1-7-19-31(20-8-1)37(32-21-9-2-10-22-32,33-23-11-3-12-24-33)39-38(34-25-13-4-14-26-34,35-27-15-5-16-28-35)36-29-17-6-18-30-36;1-6(8)7-4-2-3-5-7/h1-30H;2,4-6,8H,3H2,1H3. The average molecular weight is 613 g/mol. The Hall–Kier alpha value is -5.28. The number of aliphatic hydroxyl groups is 1. The highest BCUT2D eigenvalue weighted by Crippen LogP contribution is 2.51. The number of hydrogen-bond acceptors (Lipinski definition) is 2. The molecule has 2 heteroatoms. The van der Waals surface area contributed by atoms with Crippen molar-refractivity contribution in [3.05, 3.63) is 239 Å². The van der Waals surface area contributed by atoms with E-state index >= 15 is 0 Å². The van der Waals surface area contributed by atoms with Gasteiger partial charge in [0.1, 0.15) is 11.2 Å². The zero-order valence-corrected chi connectivity index (χ0v) is 26.7. The molecule has 0 saturated carbocycles. The molecule has 0 aliphatic heterocycles. The van der Waals surface area contributed by atoms with Crippen molar-refractivity contribution in [2.24, 2.45) is 0 Å². The lowest BCUT2D eigenvalue weighted by atomic mass is 9.75. The summed E-state index contributed by atoms with van der Waals surface area (Å²) in [7, 11) is 0. The van der Waals surface area contributed by atoms with Crippen LogP contribution in [-0.4, -0.2) is 11.2 Å². The third kappa shape index (κ3) is 6.66. The van der Waals surface area contributed by atoms with E-state index in [1.807, 2.05) is 18.2 Å². The van der Waals surface area contributed by atoms with Crippen molar-refractivity contribution in [2.45, 2.75) is 30.7 Å². The molecule has 0 aromatic heterocycles. The monoisotopic (exact) mass is 612 g/mol. The lowest BCUT2D eigenvalue weighted by Gasteiger charge is -2.46. The van der Waals surface area contributed by atoms with Crippen molar-refractivity contribution in [1.29, 1.82) is 0 Å². The Labute approximate surface area is 279 Å². The highest BCUT2D eigenvalue weighted by atomic mass is 16.5. The van der Waals surface area contributed by atoms with Crippen molar-refractivity contribution in [1.82, 2.24) is 0 Å². The van der Waals surface area contributed by atoms with E-state index in [9.17, 15) is 0 Å². The quantitative estimate of drug-likeness (QED) is 0.165. The largest absolute Gasteiger partial charge is 0.389 e. The number of rotatable bonds is 9. The lowest BCUT2D eigenvalue weighted by molar-refractivity contribution is -0.0810. The van der Waals surface area contributed by atoms with E-state index in [0.717, 1.165) is 45.4 Å². The molecule has 0 amide bonds. The third-order valence-corrected chi connectivity index (χ3v) is 8.67. The predicted molar refractivity (Wildman–Crippen MR) is 193 cm³/mol. The van der Waals surface area contributed by atoms with Gasteiger partial charge in [-0.1, -0.05) is 200 Å². The molecule has 0 heterocycles. The second-order valence-electron chi connectivity index (χ2n) is 11.7. The number of allylic oxidation sites excluding steroid dienone is 2. The van der Waals surface area contributed by atoms with Gasteiger partial charge in [-0.05, 0) is 52.3 Å². The molecule has 0 radical (unpaired) electrons. The highest BCUT2D eigenvalue weighted by Gasteiger charge is 2.48. The van der Waals surface area contributed by atoms with E-state index in [2.05, 4.69) is 182 Å². The molecule has 0 spiro atoms. The Balaban J connectivity index is 0.000000424. The number of ether oxygens (including phenoxy) is 1. The molecule has 0 bridgehead atoms. The van der Waals surface area contributed by atoms with Gasteiger partial charge in [-0.2, -0.15) is 0 Å². The number of aliphatic hydroxyl groups excluding tert-OH is 1. The first-order valence-corrected chi connectivity index (χ1v) is 16.2. The van der Waals surface area contributed by atoms with Gasteiger partial charge in [0.25, 0.3) is 0 Å². The van der Waals surface area contributed by atoms with Crippen LogP contribution in [0.3, 0.4) is 0 Å². The van der Waals surface area contributed by atoms with Crippen LogP contribution in [0.15, 0.2) is 206 Å². The summed E-state index contributed by atoms with van der Waals surface area (Å²) in [6.07, 6.45) is 6.74. The zero-order valence-electron chi connectivity index (χ0n) is 26.7. The summed E-state index contributed by atoms with van der Waals surface area (Å²) in [5.41, 5.74) is 5.58. The molecule has 1 aliphatic carbocycles. The molecular formula is C45H40O2. The van der Waals surface area contributed by atoms with E-state index in [-0.39, 0.29) is 6.10 Å². The zero-order chi connectivity index (χ0) is 32.4. The Kier molecular flexibility index (Phi) is 10.0. The Morgan fingerprint density at radius 2 is 0.702 bits per heavy atom. The van der Waals surface area contributed by atoms with Crippen molar-refractivity contribution in [3.63, 3.8) is 0 Å². The van der Waals surface area contributed by atoms with Gasteiger partial charge >= 0.3 is 0 Å². The molecule has 1 N–H and O–H groups in total. The minimum Gasteiger partial charge on any atom is -0.389 e. The fourth-order valence-corrected chi connectivity index (χ4v) is 6.41. The van der Waals surface area contributed by atoms with Gasteiger partial charge in [-0.3, -0.25) is 0 Å². The maximum atomic E-state index is 8.93. The Morgan fingerprint density at radius 3 is 0.872 bits per heavy atom. The van der Waals surface area contributed by atoms with Crippen LogP contribution >= 0.6 is 0 Å². The van der Waals surface area contributed by atoms with Gasteiger partial charge in [-0.15, -0.1) is 0 Å². The van der Waals surface area contributed by atoms with Crippen LogP contribution in [0.2, 0.25) is 0 Å².